The standard InChI is InChI=1S/C12H24O4S/c1-12(2,16-3)11(13)9-6-5-7-10(8-9)17(4,14)15/h9-11,13H,5-8H2,1-4H3. The van der Waals surface area contributed by atoms with Crippen molar-refractivity contribution < 1.29 is 18.3 Å². The zero-order valence-corrected chi connectivity index (χ0v) is 12.0. The number of sulfone groups is 1. The fraction of sp³-hybridized carbons (Fsp3) is 1.00. The third-order valence-electron chi connectivity index (χ3n) is 3.96. The average molecular weight is 264 g/mol. The normalized spacial score (nSPS) is 29.0. The maximum Gasteiger partial charge on any atom is 0.150 e. The molecular weight excluding hydrogens is 240 g/mol. The van der Waals surface area contributed by atoms with Gasteiger partial charge < -0.3 is 9.84 Å². The molecule has 17 heavy (non-hydrogen) atoms. The fourth-order valence-corrected chi connectivity index (χ4v) is 3.74. The number of rotatable bonds is 4. The second kappa shape index (κ2) is 5.24. The number of aliphatic hydroxyl groups excluding tert-OH is 1. The summed E-state index contributed by atoms with van der Waals surface area (Å²) in [5.74, 6) is 0.0124. The molecule has 5 heteroatoms. The average Bonchev–Trinajstić information content (AvgIpc) is 2.27. The molecule has 3 atom stereocenters. The highest BCUT2D eigenvalue weighted by Crippen LogP contribution is 2.34. The van der Waals surface area contributed by atoms with Gasteiger partial charge in [0, 0.05) is 13.4 Å². The number of ether oxygens (including phenoxy) is 1. The molecule has 1 aliphatic carbocycles. The Balaban J connectivity index is 2.74. The molecule has 1 aliphatic rings. The van der Waals surface area contributed by atoms with Crippen LogP contribution in [0.1, 0.15) is 39.5 Å². The van der Waals surface area contributed by atoms with Crippen LogP contribution in [-0.4, -0.2) is 43.8 Å². The van der Waals surface area contributed by atoms with Crippen molar-refractivity contribution in [1.82, 2.24) is 0 Å². The van der Waals surface area contributed by atoms with Crippen molar-refractivity contribution >= 4 is 9.84 Å². The van der Waals surface area contributed by atoms with Crippen molar-refractivity contribution in [2.75, 3.05) is 13.4 Å². The molecule has 0 radical (unpaired) electrons. The van der Waals surface area contributed by atoms with Crippen LogP contribution in [0.2, 0.25) is 0 Å². The molecule has 0 aliphatic heterocycles. The van der Waals surface area contributed by atoms with E-state index in [9.17, 15) is 13.5 Å². The summed E-state index contributed by atoms with van der Waals surface area (Å²) in [4.78, 5) is 0. The first-order valence-corrected chi connectivity index (χ1v) is 8.06. The van der Waals surface area contributed by atoms with Gasteiger partial charge in [-0.15, -0.1) is 0 Å². The Morgan fingerprint density at radius 3 is 2.41 bits per heavy atom. The highest BCUT2D eigenvalue weighted by atomic mass is 32.2. The Morgan fingerprint density at radius 2 is 1.94 bits per heavy atom. The molecule has 0 aromatic carbocycles. The van der Waals surface area contributed by atoms with Crippen LogP contribution in [0.25, 0.3) is 0 Å². The minimum Gasteiger partial charge on any atom is -0.390 e. The molecule has 0 bridgehead atoms. The Hall–Kier alpha value is -0.130. The molecule has 0 amide bonds. The van der Waals surface area contributed by atoms with Crippen LogP contribution in [0.5, 0.6) is 0 Å². The van der Waals surface area contributed by atoms with Crippen molar-refractivity contribution in [3.8, 4) is 0 Å². The molecule has 1 saturated carbocycles. The van der Waals surface area contributed by atoms with E-state index in [4.69, 9.17) is 4.74 Å². The van der Waals surface area contributed by atoms with E-state index in [1.54, 1.807) is 7.11 Å². The molecule has 1 rings (SSSR count). The Bertz CT molecular complexity index is 348. The van der Waals surface area contributed by atoms with Crippen molar-refractivity contribution in [3.63, 3.8) is 0 Å². The smallest absolute Gasteiger partial charge is 0.150 e. The predicted octanol–water partition coefficient (Wildman–Crippen LogP) is 1.38. The summed E-state index contributed by atoms with van der Waals surface area (Å²) >= 11 is 0. The minimum atomic E-state index is -3.00. The third kappa shape index (κ3) is 3.66. The van der Waals surface area contributed by atoms with E-state index >= 15 is 0 Å². The van der Waals surface area contributed by atoms with Crippen molar-refractivity contribution in [2.24, 2.45) is 5.92 Å². The van der Waals surface area contributed by atoms with Crippen LogP contribution in [0.15, 0.2) is 0 Å². The van der Waals surface area contributed by atoms with E-state index in [0.717, 1.165) is 19.3 Å². The predicted molar refractivity (Wildman–Crippen MR) is 67.7 cm³/mol. The van der Waals surface area contributed by atoms with Gasteiger partial charge in [0.15, 0.2) is 0 Å². The summed E-state index contributed by atoms with van der Waals surface area (Å²) in [5, 5.41) is 9.96. The second-order valence-electron chi connectivity index (χ2n) is 5.63. The lowest BCUT2D eigenvalue weighted by atomic mass is 9.79. The van der Waals surface area contributed by atoms with Crippen LogP contribution < -0.4 is 0 Å². The molecule has 1 fully saturated rings. The van der Waals surface area contributed by atoms with Crippen molar-refractivity contribution in [2.45, 2.75) is 56.5 Å². The topological polar surface area (TPSA) is 63.6 Å². The van der Waals surface area contributed by atoms with Crippen LogP contribution in [-0.2, 0) is 14.6 Å². The minimum absolute atomic E-state index is 0.0124. The summed E-state index contributed by atoms with van der Waals surface area (Å²) in [6.07, 6.45) is 3.67. The van der Waals surface area contributed by atoms with E-state index in [1.807, 2.05) is 13.8 Å². The first-order chi connectivity index (χ1) is 7.68. The Labute approximate surface area is 104 Å². The van der Waals surface area contributed by atoms with Gasteiger partial charge in [-0.3, -0.25) is 0 Å². The molecule has 3 unspecified atom stereocenters. The SMILES string of the molecule is COC(C)(C)C(O)C1CCCC(S(C)(=O)=O)C1. The molecule has 0 heterocycles. The maximum absolute atomic E-state index is 11.6. The number of hydrogen-bond donors (Lipinski definition) is 1. The summed E-state index contributed by atoms with van der Waals surface area (Å²) in [5.41, 5.74) is -0.621. The maximum atomic E-state index is 11.6. The Morgan fingerprint density at radius 1 is 1.35 bits per heavy atom. The van der Waals surface area contributed by atoms with E-state index in [1.165, 1.54) is 6.26 Å². The molecule has 0 saturated heterocycles. The molecule has 0 spiro atoms. The van der Waals surface area contributed by atoms with Gasteiger partial charge in [0.25, 0.3) is 0 Å². The summed E-state index contributed by atoms with van der Waals surface area (Å²) < 4.78 is 28.4. The van der Waals surface area contributed by atoms with Gasteiger partial charge in [0.2, 0.25) is 0 Å². The highest BCUT2D eigenvalue weighted by molar-refractivity contribution is 7.91. The zero-order valence-electron chi connectivity index (χ0n) is 11.1. The number of aliphatic hydroxyl groups is 1. The lowest BCUT2D eigenvalue weighted by Gasteiger charge is -2.38. The van der Waals surface area contributed by atoms with Gasteiger partial charge in [0.1, 0.15) is 9.84 Å². The Kier molecular flexibility index (Phi) is 4.60. The zero-order chi connectivity index (χ0) is 13.3. The molecule has 4 nitrogen and oxygen atoms in total. The largest absolute Gasteiger partial charge is 0.390 e. The molecule has 1 N–H and O–H groups in total. The van der Waals surface area contributed by atoms with E-state index in [0.29, 0.717) is 6.42 Å². The second-order valence-corrected chi connectivity index (χ2v) is 7.96. The highest BCUT2D eigenvalue weighted by Gasteiger charge is 2.39. The number of hydrogen-bond acceptors (Lipinski definition) is 4. The van der Waals surface area contributed by atoms with Crippen molar-refractivity contribution in [1.29, 1.82) is 0 Å². The number of methoxy groups -OCH3 is 1. The van der Waals surface area contributed by atoms with Crippen LogP contribution in [0.3, 0.4) is 0 Å². The first-order valence-electron chi connectivity index (χ1n) is 6.10. The van der Waals surface area contributed by atoms with Crippen LogP contribution in [0.4, 0.5) is 0 Å². The van der Waals surface area contributed by atoms with Crippen LogP contribution in [0, 0.1) is 5.92 Å². The van der Waals surface area contributed by atoms with Crippen LogP contribution >= 0.6 is 0 Å². The first kappa shape index (κ1) is 14.9. The van der Waals surface area contributed by atoms with Gasteiger partial charge in [-0.25, -0.2) is 8.42 Å². The molecule has 0 aromatic rings. The van der Waals surface area contributed by atoms with Crippen molar-refractivity contribution in [3.05, 3.63) is 0 Å². The quantitative estimate of drug-likeness (QED) is 0.833. The lowest BCUT2D eigenvalue weighted by molar-refractivity contribution is -0.106. The summed E-state index contributed by atoms with van der Waals surface area (Å²) in [7, 11) is -1.43. The van der Waals surface area contributed by atoms with Gasteiger partial charge in [-0.2, -0.15) is 0 Å². The molecule has 0 aromatic heterocycles. The van der Waals surface area contributed by atoms with Gasteiger partial charge >= 0.3 is 0 Å². The fourth-order valence-electron chi connectivity index (χ4n) is 2.55. The van der Waals surface area contributed by atoms with E-state index in [-0.39, 0.29) is 11.2 Å². The molecule has 102 valence electrons. The van der Waals surface area contributed by atoms with E-state index in [2.05, 4.69) is 0 Å². The molecular formula is C12H24O4S. The van der Waals surface area contributed by atoms with E-state index < -0.39 is 21.5 Å². The summed E-state index contributed by atoms with van der Waals surface area (Å²) in [6.45, 7) is 3.67. The lowest BCUT2D eigenvalue weighted by Crippen LogP contribution is -2.46. The van der Waals surface area contributed by atoms with Gasteiger partial charge in [0.05, 0.1) is 17.0 Å². The summed E-state index contributed by atoms with van der Waals surface area (Å²) in [6, 6.07) is 0. The third-order valence-corrected chi connectivity index (χ3v) is 5.60. The van der Waals surface area contributed by atoms with Gasteiger partial charge in [-0.05, 0) is 39.0 Å². The monoisotopic (exact) mass is 264 g/mol. The van der Waals surface area contributed by atoms with Gasteiger partial charge in [-0.1, -0.05) is 6.42 Å².